The normalized spacial score (nSPS) is 11.7. The summed E-state index contributed by atoms with van der Waals surface area (Å²) in [6.07, 6.45) is -1.09. The van der Waals surface area contributed by atoms with Crippen molar-refractivity contribution in [2.24, 2.45) is 0 Å². The fourth-order valence-electron chi connectivity index (χ4n) is 1.85. The molecule has 2 aromatic rings. The van der Waals surface area contributed by atoms with Crippen molar-refractivity contribution in [1.29, 1.82) is 0 Å². The molecule has 0 aliphatic heterocycles. The number of pyridine rings is 1. The van der Waals surface area contributed by atoms with Gasteiger partial charge in [-0.25, -0.2) is 9.78 Å². The van der Waals surface area contributed by atoms with Gasteiger partial charge in [0.2, 0.25) is 6.10 Å². The molecule has 1 aromatic carbocycles. The first-order valence-electron chi connectivity index (χ1n) is 6.69. The first-order chi connectivity index (χ1) is 10.9. The van der Waals surface area contributed by atoms with Crippen molar-refractivity contribution in [2.75, 3.05) is 14.1 Å². The Morgan fingerprint density at radius 3 is 2.35 bits per heavy atom. The lowest BCUT2D eigenvalue weighted by Crippen LogP contribution is -2.31. The number of likely N-dealkylation sites (N-methyl/N-ethyl adjacent to an activating group) is 1. The summed E-state index contributed by atoms with van der Waals surface area (Å²) in [5.41, 5.74) is 0.421. The van der Waals surface area contributed by atoms with Gasteiger partial charge < -0.3 is 9.64 Å². The van der Waals surface area contributed by atoms with Gasteiger partial charge in [-0.2, -0.15) is 0 Å². The Morgan fingerprint density at radius 1 is 1.09 bits per heavy atom. The summed E-state index contributed by atoms with van der Waals surface area (Å²) in [6.45, 7) is 0. The third kappa shape index (κ3) is 4.21. The fraction of sp³-hybridized carbons (Fsp3) is 0.188. The van der Waals surface area contributed by atoms with Gasteiger partial charge in [0, 0.05) is 19.7 Å². The highest BCUT2D eigenvalue weighted by Gasteiger charge is 2.28. The van der Waals surface area contributed by atoms with E-state index in [1.807, 2.05) is 0 Å². The SMILES string of the molecule is CN(C)C(=O)[C@@H](OC(=O)c1nc(Cl)ccc1Cl)c1ccccc1. The molecule has 0 radical (unpaired) electrons. The maximum Gasteiger partial charge on any atom is 0.359 e. The molecule has 0 aliphatic carbocycles. The Labute approximate surface area is 143 Å². The maximum absolute atomic E-state index is 12.3. The lowest BCUT2D eigenvalue weighted by molar-refractivity contribution is -0.138. The highest BCUT2D eigenvalue weighted by atomic mass is 35.5. The Morgan fingerprint density at radius 2 is 1.74 bits per heavy atom. The smallest absolute Gasteiger partial charge is 0.359 e. The van der Waals surface area contributed by atoms with Crippen LogP contribution >= 0.6 is 23.2 Å². The van der Waals surface area contributed by atoms with E-state index in [1.54, 1.807) is 44.4 Å². The lowest BCUT2D eigenvalue weighted by atomic mass is 10.1. The van der Waals surface area contributed by atoms with Gasteiger partial charge in [-0.15, -0.1) is 0 Å². The molecule has 0 saturated heterocycles. The number of aromatic nitrogens is 1. The van der Waals surface area contributed by atoms with Crippen molar-refractivity contribution >= 4 is 35.1 Å². The average Bonchev–Trinajstić information content (AvgIpc) is 2.54. The van der Waals surface area contributed by atoms with Crippen molar-refractivity contribution in [2.45, 2.75) is 6.10 Å². The van der Waals surface area contributed by atoms with E-state index >= 15 is 0 Å². The molecule has 0 aliphatic rings. The highest BCUT2D eigenvalue weighted by Crippen LogP contribution is 2.24. The summed E-state index contributed by atoms with van der Waals surface area (Å²) < 4.78 is 5.35. The van der Waals surface area contributed by atoms with Crippen LogP contribution in [0.5, 0.6) is 0 Å². The summed E-state index contributed by atoms with van der Waals surface area (Å²) in [7, 11) is 3.16. The molecule has 7 heteroatoms. The largest absolute Gasteiger partial charge is 0.443 e. The summed E-state index contributed by atoms with van der Waals surface area (Å²) in [4.78, 5) is 29.9. The number of hydrogen-bond donors (Lipinski definition) is 0. The number of hydrogen-bond acceptors (Lipinski definition) is 4. The van der Waals surface area contributed by atoms with E-state index < -0.39 is 12.1 Å². The fourth-order valence-corrected chi connectivity index (χ4v) is 2.18. The molecule has 1 atom stereocenters. The van der Waals surface area contributed by atoms with E-state index in [-0.39, 0.29) is 21.8 Å². The minimum Gasteiger partial charge on any atom is -0.443 e. The van der Waals surface area contributed by atoms with Crippen molar-refractivity contribution in [1.82, 2.24) is 9.88 Å². The second kappa shape index (κ2) is 7.44. The van der Waals surface area contributed by atoms with Crippen LogP contribution in [0.4, 0.5) is 0 Å². The summed E-state index contributed by atoms with van der Waals surface area (Å²) in [6, 6.07) is 11.6. The van der Waals surface area contributed by atoms with Crippen molar-refractivity contribution < 1.29 is 14.3 Å². The molecule has 23 heavy (non-hydrogen) atoms. The molecule has 0 spiro atoms. The molecular formula is C16H14Cl2N2O3. The van der Waals surface area contributed by atoms with Crippen LogP contribution in [0.3, 0.4) is 0 Å². The zero-order valence-electron chi connectivity index (χ0n) is 12.5. The molecule has 0 fully saturated rings. The van der Waals surface area contributed by atoms with E-state index in [9.17, 15) is 9.59 Å². The highest BCUT2D eigenvalue weighted by molar-refractivity contribution is 6.34. The first-order valence-corrected chi connectivity index (χ1v) is 7.45. The van der Waals surface area contributed by atoms with Gasteiger partial charge in [-0.05, 0) is 12.1 Å². The number of amides is 1. The Balaban J connectivity index is 2.32. The number of nitrogens with zero attached hydrogens (tertiary/aromatic N) is 2. The topological polar surface area (TPSA) is 59.5 Å². The Kier molecular flexibility index (Phi) is 5.58. The molecule has 1 heterocycles. The van der Waals surface area contributed by atoms with Crippen molar-refractivity contribution in [3.05, 3.63) is 63.9 Å². The standard InChI is InChI=1S/C16H14Cl2N2O3/c1-20(2)15(21)14(10-6-4-3-5-7-10)23-16(22)13-11(17)8-9-12(18)19-13/h3-9,14H,1-2H3/t14-/m0/s1. The summed E-state index contributed by atoms with van der Waals surface area (Å²) in [5.74, 6) is -1.19. The van der Waals surface area contributed by atoms with Gasteiger partial charge in [-0.3, -0.25) is 4.79 Å². The second-order valence-corrected chi connectivity index (χ2v) is 5.69. The molecular weight excluding hydrogens is 339 g/mol. The molecule has 5 nitrogen and oxygen atoms in total. The molecule has 1 amide bonds. The minimum absolute atomic E-state index is 0.100. The quantitative estimate of drug-likeness (QED) is 0.625. The van der Waals surface area contributed by atoms with E-state index in [4.69, 9.17) is 27.9 Å². The van der Waals surface area contributed by atoms with Crippen LogP contribution in [0, 0.1) is 0 Å². The van der Waals surface area contributed by atoms with Crippen molar-refractivity contribution in [3.8, 4) is 0 Å². The number of esters is 1. The monoisotopic (exact) mass is 352 g/mol. The van der Waals surface area contributed by atoms with Gasteiger partial charge >= 0.3 is 5.97 Å². The van der Waals surface area contributed by atoms with Crippen LogP contribution in [0.1, 0.15) is 22.2 Å². The van der Waals surface area contributed by atoms with Gasteiger partial charge in [0.1, 0.15) is 5.15 Å². The summed E-state index contributed by atoms with van der Waals surface area (Å²) >= 11 is 11.7. The molecule has 2 rings (SSSR count). The predicted octanol–water partition coefficient (Wildman–Crippen LogP) is 3.37. The number of ether oxygens (including phenoxy) is 1. The van der Waals surface area contributed by atoms with E-state index in [2.05, 4.69) is 4.98 Å². The number of halogens is 2. The minimum atomic E-state index is -1.09. The van der Waals surface area contributed by atoms with E-state index in [1.165, 1.54) is 17.0 Å². The van der Waals surface area contributed by atoms with Gasteiger partial charge in [0.25, 0.3) is 5.91 Å². The Bertz CT molecular complexity index is 721. The van der Waals surface area contributed by atoms with Crippen LogP contribution < -0.4 is 0 Å². The molecule has 0 unspecified atom stereocenters. The third-order valence-electron chi connectivity index (χ3n) is 3.00. The van der Waals surface area contributed by atoms with Crippen LogP contribution in [-0.2, 0) is 9.53 Å². The number of carbonyl (C=O) groups excluding carboxylic acids is 2. The van der Waals surface area contributed by atoms with Crippen LogP contribution in [0.25, 0.3) is 0 Å². The number of rotatable bonds is 4. The third-order valence-corrected chi connectivity index (χ3v) is 3.51. The molecule has 0 saturated carbocycles. The number of carbonyl (C=O) groups is 2. The zero-order chi connectivity index (χ0) is 17.0. The van der Waals surface area contributed by atoms with E-state index in [0.717, 1.165) is 0 Å². The van der Waals surface area contributed by atoms with Gasteiger partial charge in [0.15, 0.2) is 5.69 Å². The maximum atomic E-state index is 12.3. The summed E-state index contributed by atoms with van der Waals surface area (Å²) in [5, 5.41) is 0.208. The van der Waals surface area contributed by atoms with Gasteiger partial charge in [-0.1, -0.05) is 53.5 Å². The zero-order valence-corrected chi connectivity index (χ0v) is 14.0. The first kappa shape index (κ1) is 17.2. The van der Waals surface area contributed by atoms with Gasteiger partial charge in [0.05, 0.1) is 5.02 Å². The van der Waals surface area contributed by atoms with Crippen LogP contribution in [0.15, 0.2) is 42.5 Å². The average molecular weight is 353 g/mol. The van der Waals surface area contributed by atoms with E-state index in [0.29, 0.717) is 5.56 Å². The lowest BCUT2D eigenvalue weighted by Gasteiger charge is -2.21. The van der Waals surface area contributed by atoms with Crippen LogP contribution in [0.2, 0.25) is 10.2 Å². The molecule has 1 aromatic heterocycles. The molecule has 0 bridgehead atoms. The molecule has 120 valence electrons. The van der Waals surface area contributed by atoms with Crippen LogP contribution in [-0.4, -0.2) is 35.9 Å². The van der Waals surface area contributed by atoms with Crippen molar-refractivity contribution in [3.63, 3.8) is 0 Å². The second-order valence-electron chi connectivity index (χ2n) is 4.89. The number of benzene rings is 1. The molecule has 0 N–H and O–H groups in total. The Hall–Kier alpha value is -2.11. The predicted molar refractivity (Wildman–Crippen MR) is 87.5 cm³/mol.